The molecule has 0 aromatic heterocycles. The molecule has 0 aliphatic carbocycles. The molecule has 1 aromatic rings. The molecule has 0 amide bonds. The minimum atomic E-state index is -0.334. The predicted molar refractivity (Wildman–Crippen MR) is 69.5 cm³/mol. The second kappa shape index (κ2) is 6.65. The van der Waals surface area contributed by atoms with Crippen LogP contribution in [0.1, 0.15) is 29.3 Å². The Labute approximate surface area is 112 Å². The third-order valence-corrected chi connectivity index (χ3v) is 3.01. The maximum Gasteiger partial charge on any atom is 0.338 e. The van der Waals surface area contributed by atoms with Gasteiger partial charge in [0.2, 0.25) is 0 Å². The molecule has 5 heteroatoms. The van der Waals surface area contributed by atoms with Gasteiger partial charge in [-0.15, -0.1) is 0 Å². The Kier molecular flexibility index (Phi) is 4.90. The Hall–Kier alpha value is -1.43. The monoisotopic (exact) mass is 265 g/mol. The van der Waals surface area contributed by atoms with Gasteiger partial charge in [0.1, 0.15) is 6.23 Å². The highest BCUT2D eigenvalue weighted by atomic mass is 16.6. The maximum atomic E-state index is 11.5. The third kappa shape index (κ3) is 3.76. The Balaban J connectivity index is 1.86. The molecule has 1 aliphatic heterocycles. The second-order valence-corrected chi connectivity index (χ2v) is 4.39. The second-order valence-electron chi connectivity index (χ2n) is 4.39. The van der Waals surface area contributed by atoms with Crippen molar-refractivity contribution in [1.82, 2.24) is 0 Å². The molecule has 1 saturated heterocycles. The highest BCUT2D eigenvalue weighted by Gasteiger charge is 2.25. The summed E-state index contributed by atoms with van der Waals surface area (Å²) in [6, 6.07) is 7.19. The Morgan fingerprint density at radius 1 is 1.42 bits per heavy atom. The van der Waals surface area contributed by atoms with Crippen LogP contribution in [-0.2, 0) is 20.8 Å². The number of hydrogen-bond acceptors (Lipinski definition) is 5. The van der Waals surface area contributed by atoms with Gasteiger partial charge in [-0.2, -0.15) is 0 Å². The largest absolute Gasteiger partial charge is 0.462 e. The lowest BCUT2D eigenvalue weighted by Crippen LogP contribution is -2.32. The van der Waals surface area contributed by atoms with E-state index in [9.17, 15) is 4.79 Å². The number of ether oxygens (including phenoxy) is 3. The number of hydrogen-bond donors (Lipinski definition) is 1. The predicted octanol–water partition coefficient (Wildman–Crippen LogP) is 1.45. The summed E-state index contributed by atoms with van der Waals surface area (Å²) in [5.74, 6) is -0.304. The first-order valence-electron chi connectivity index (χ1n) is 6.45. The molecule has 104 valence electrons. The van der Waals surface area contributed by atoms with Crippen molar-refractivity contribution in [3.05, 3.63) is 35.4 Å². The number of rotatable bonds is 5. The molecule has 19 heavy (non-hydrogen) atoms. The van der Waals surface area contributed by atoms with Crippen molar-refractivity contribution >= 4 is 5.97 Å². The van der Waals surface area contributed by atoms with Crippen LogP contribution in [0, 0.1) is 0 Å². The number of nitrogens with two attached hydrogens (primary N) is 1. The van der Waals surface area contributed by atoms with Crippen LogP contribution < -0.4 is 5.73 Å². The van der Waals surface area contributed by atoms with Gasteiger partial charge in [-0.05, 0) is 24.6 Å². The van der Waals surface area contributed by atoms with Crippen molar-refractivity contribution < 1.29 is 19.0 Å². The van der Waals surface area contributed by atoms with Gasteiger partial charge in [0.25, 0.3) is 0 Å². The Morgan fingerprint density at radius 3 is 2.74 bits per heavy atom. The summed E-state index contributed by atoms with van der Waals surface area (Å²) in [5.41, 5.74) is 7.27. The zero-order valence-corrected chi connectivity index (χ0v) is 11.0. The van der Waals surface area contributed by atoms with Crippen LogP contribution in [0.25, 0.3) is 0 Å². The highest BCUT2D eigenvalue weighted by molar-refractivity contribution is 5.89. The van der Waals surface area contributed by atoms with Crippen LogP contribution >= 0.6 is 0 Å². The summed E-state index contributed by atoms with van der Waals surface area (Å²) in [7, 11) is 0. The number of carbonyl (C=O) groups excluding carboxylic acids is 1. The molecule has 5 nitrogen and oxygen atoms in total. The molecule has 2 atom stereocenters. The average Bonchev–Trinajstić information content (AvgIpc) is 2.83. The van der Waals surface area contributed by atoms with Gasteiger partial charge in [0.15, 0.2) is 0 Å². The van der Waals surface area contributed by atoms with Gasteiger partial charge in [0.05, 0.1) is 31.5 Å². The lowest BCUT2D eigenvalue weighted by Gasteiger charge is -2.15. The SMILES string of the molecule is CCOC(=O)c1ccc(COC2CCOC2N)cc1. The quantitative estimate of drug-likeness (QED) is 0.816. The molecule has 1 aliphatic rings. The smallest absolute Gasteiger partial charge is 0.338 e. The van der Waals surface area contributed by atoms with Gasteiger partial charge in [-0.3, -0.25) is 0 Å². The molecule has 1 fully saturated rings. The Bertz CT molecular complexity index is 418. The van der Waals surface area contributed by atoms with Gasteiger partial charge in [0, 0.05) is 6.42 Å². The van der Waals surface area contributed by atoms with Gasteiger partial charge >= 0.3 is 5.97 Å². The van der Waals surface area contributed by atoms with Crippen LogP contribution in [-0.4, -0.2) is 31.5 Å². The van der Waals surface area contributed by atoms with E-state index in [0.29, 0.717) is 25.4 Å². The summed E-state index contributed by atoms with van der Waals surface area (Å²) in [5, 5.41) is 0. The van der Waals surface area contributed by atoms with Crippen molar-refractivity contribution in [2.75, 3.05) is 13.2 Å². The number of benzene rings is 1. The molecule has 2 unspecified atom stereocenters. The molecule has 2 N–H and O–H groups in total. The van der Waals surface area contributed by atoms with E-state index < -0.39 is 0 Å². The summed E-state index contributed by atoms with van der Waals surface area (Å²) in [4.78, 5) is 11.5. The average molecular weight is 265 g/mol. The normalized spacial score (nSPS) is 22.4. The van der Waals surface area contributed by atoms with E-state index in [4.69, 9.17) is 19.9 Å². The van der Waals surface area contributed by atoms with E-state index >= 15 is 0 Å². The molecule has 0 radical (unpaired) electrons. The van der Waals surface area contributed by atoms with Crippen molar-refractivity contribution in [1.29, 1.82) is 0 Å². The van der Waals surface area contributed by atoms with Crippen LogP contribution in [0.5, 0.6) is 0 Å². The third-order valence-electron chi connectivity index (χ3n) is 3.01. The zero-order chi connectivity index (χ0) is 13.7. The summed E-state index contributed by atoms with van der Waals surface area (Å²) >= 11 is 0. The van der Waals surface area contributed by atoms with Crippen molar-refractivity contribution in [3.8, 4) is 0 Å². The van der Waals surface area contributed by atoms with E-state index in [0.717, 1.165) is 12.0 Å². The van der Waals surface area contributed by atoms with Crippen molar-refractivity contribution in [3.63, 3.8) is 0 Å². The lowest BCUT2D eigenvalue weighted by atomic mass is 10.1. The fourth-order valence-electron chi connectivity index (χ4n) is 1.92. The lowest BCUT2D eigenvalue weighted by molar-refractivity contribution is -0.0141. The Morgan fingerprint density at radius 2 is 2.16 bits per heavy atom. The van der Waals surface area contributed by atoms with Crippen molar-refractivity contribution in [2.24, 2.45) is 5.73 Å². The highest BCUT2D eigenvalue weighted by Crippen LogP contribution is 2.15. The van der Waals surface area contributed by atoms with Crippen LogP contribution in [0.3, 0.4) is 0 Å². The van der Waals surface area contributed by atoms with Gasteiger partial charge < -0.3 is 19.9 Å². The van der Waals surface area contributed by atoms with E-state index in [1.165, 1.54) is 0 Å². The van der Waals surface area contributed by atoms with E-state index in [1.54, 1.807) is 19.1 Å². The summed E-state index contributed by atoms with van der Waals surface area (Å²) < 4.78 is 15.8. The molecular formula is C14H19NO4. The van der Waals surface area contributed by atoms with Crippen LogP contribution in [0.4, 0.5) is 0 Å². The number of esters is 1. The number of carbonyl (C=O) groups is 1. The molecule has 1 aromatic carbocycles. The van der Waals surface area contributed by atoms with Crippen LogP contribution in [0.15, 0.2) is 24.3 Å². The standard InChI is InChI=1S/C14H19NO4/c1-2-17-14(16)11-5-3-10(4-6-11)9-19-12-7-8-18-13(12)15/h3-6,12-13H,2,7-9,15H2,1H3. The van der Waals surface area contributed by atoms with E-state index in [-0.39, 0.29) is 18.3 Å². The molecule has 1 heterocycles. The molecule has 0 bridgehead atoms. The van der Waals surface area contributed by atoms with Gasteiger partial charge in [-0.25, -0.2) is 4.79 Å². The zero-order valence-electron chi connectivity index (χ0n) is 11.0. The minimum Gasteiger partial charge on any atom is -0.462 e. The molecule has 0 spiro atoms. The minimum absolute atomic E-state index is 0.0512. The van der Waals surface area contributed by atoms with Gasteiger partial charge in [-0.1, -0.05) is 12.1 Å². The first-order chi connectivity index (χ1) is 9.20. The fourth-order valence-corrected chi connectivity index (χ4v) is 1.92. The molecular weight excluding hydrogens is 246 g/mol. The van der Waals surface area contributed by atoms with E-state index in [1.807, 2.05) is 12.1 Å². The topological polar surface area (TPSA) is 70.8 Å². The fraction of sp³-hybridized carbons (Fsp3) is 0.500. The summed E-state index contributed by atoms with van der Waals surface area (Å²) in [6.07, 6.45) is 0.436. The van der Waals surface area contributed by atoms with Crippen molar-refractivity contribution in [2.45, 2.75) is 32.3 Å². The van der Waals surface area contributed by atoms with Crippen LogP contribution in [0.2, 0.25) is 0 Å². The van der Waals surface area contributed by atoms with E-state index in [2.05, 4.69) is 0 Å². The molecule has 0 saturated carbocycles. The molecule has 2 rings (SSSR count). The first kappa shape index (κ1) is 14.0. The maximum absolute atomic E-state index is 11.5. The summed E-state index contributed by atoms with van der Waals surface area (Å²) in [6.45, 7) is 3.27. The first-order valence-corrected chi connectivity index (χ1v) is 6.45.